The molecule has 1 saturated heterocycles. The van der Waals surface area contributed by atoms with Crippen LogP contribution in [0.15, 0.2) is 18.2 Å². The molecule has 0 unspecified atom stereocenters. The normalized spacial score (nSPS) is 17.7. The fourth-order valence-corrected chi connectivity index (χ4v) is 2.97. The van der Waals surface area contributed by atoms with Crippen molar-refractivity contribution in [1.29, 1.82) is 0 Å². The van der Waals surface area contributed by atoms with Crippen LogP contribution in [0.5, 0.6) is 5.75 Å². The summed E-state index contributed by atoms with van der Waals surface area (Å²) in [5.41, 5.74) is 2.68. The maximum atomic E-state index is 6.17. The van der Waals surface area contributed by atoms with E-state index in [1.54, 1.807) is 0 Å². The van der Waals surface area contributed by atoms with Gasteiger partial charge in [0.15, 0.2) is 0 Å². The van der Waals surface area contributed by atoms with Gasteiger partial charge in [-0.2, -0.15) is 0 Å². The number of ether oxygens (including phenoxy) is 1. The van der Waals surface area contributed by atoms with E-state index < -0.39 is 0 Å². The number of para-hydroxylation sites is 1. The first-order valence-electron chi connectivity index (χ1n) is 8.52. The minimum Gasteiger partial charge on any atom is -0.493 e. The SMILES string of the molecule is Cc1cccc(C(C)(C)C)c1OCCCN1CCN(C)CC1. The van der Waals surface area contributed by atoms with E-state index in [0.29, 0.717) is 0 Å². The Kier molecular flexibility index (Phi) is 5.87. The number of likely N-dealkylation sites (N-methyl/N-ethyl adjacent to an activating group) is 1. The van der Waals surface area contributed by atoms with Crippen LogP contribution in [0.2, 0.25) is 0 Å². The Morgan fingerprint density at radius 2 is 1.77 bits per heavy atom. The highest BCUT2D eigenvalue weighted by atomic mass is 16.5. The van der Waals surface area contributed by atoms with E-state index in [9.17, 15) is 0 Å². The average molecular weight is 304 g/mol. The van der Waals surface area contributed by atoms with Crippen molar-refractivity contribution in [3.05, 3.63) is 29.3 Å². The molecule has 0 aliphatic carbocycles. The Morgan fingerprint density at radius 1 is 1.09 bits per heavy atom. The number of rotatable bonds is 5. The molecule has 1 aliphatic rings. The van der Waals surface area contributed by atoms with Crippen molar-refractivity contribution in [2.24, 2.45) is 0 Å². The summed E-state index contributed by atoms with van der Waals surface area (Å²) in [6.07, 6.45) is 1.10. The van der Waals surface area contributed by atoms with Crippen LogP contribution in [0, 0.1) is 6.92 Å². The van der Waals surface area contributed by atoms with Gasteiger partial charge in [0, 0.05) is 32.7 Å². The zero-order valence-corrected chi connectivity index (χ0v) is 15.0. The molecule has 3 heteroatoms. The van der Waals surface area contributed by atoms with Crippen LogP contribution in [0.1, 0.15) is 38.3 Å². The molecule has 0 amide bonds. The molecule has 124 valence electrons. The molecule has 1 aromatic rings. The van der Waals surface area contributed by atoms with E-state index in [1.165, 1.54) is 37.3 Å². The van der Waals surface area contributed by atoms with Crippen molar-refractivity contribution in [2.45, 2.75) is 39.5 Å². The molecule has 3 nitrogen and oxygen atoms in total. The Labute approximate surface area is 136 Å². The third-order valence-corrected chi connectivity index (χ3v) is 4.48. The molecule has 0 radical (unpaired) electrons. The first-order valence-corrected chi connectivity index (χ1v) is 8.52. The number of aryl methyl sites for hydroxylation is 1. The molecular weight excluding hydrogens is 272 g/mol. The smallest absolute Gasteiger partial charge is 0.125 e. The van der Waals surface area contributed by atoms with E-state index in [4.69, 9.17) is 4.74 Å². The second-order valence-electron chi connectivity index (χ2n) is 7.55. The summed E-state index contributed by atoms with van der Waals surface area (Å²) < 4.78 is 6.17. The van der Waals surface area contributed by atoms with Crippen molar-refractivity contribution in [1.82, 2.24) is 9.80 Å². The summed E-state index contributed by atoms with van der Waals surface area (Å²) in [6, 6.07) is 6.47. The van der Waals surface area contributed by atoms with E-state index in [-0.39, 0.29) is 5.41 Å². The van der Waals surface area contributed by atoms with Gasteiger partial charge in [0.05, 0.1) is 6.61 Å². The van der Waals surface area contributed by atoms with Crippen LogP contribution in [-0.4, -0.2) is 56.2 Å². The number of benzene rings is 1. The molecule has 0 aromatic heterocycles. The molecule has 0 spiro atoms. The monoisotopic (exact) mass is 304 g/mol. The maximum absolute atomic E-state index is 6.17. The molecule has 0 N–H and O–H groups in total. The van der Waals surface area contributed by atoms with Crippen molar-refractivity contribution in [2.75, 3.05) is 46.4 Å². The van der Waals surface area contributed by atoms with Gasteiger partial charge in [-0.1, -0.05) is 39.0 Å². The van der Waals surface area contributed by atoms with Crippen LogP contribution >= 0.6 is 0 Å². The third-order valence-electron chi connectivity index (χ3n) is 4.48. The predicted octanol–water partition coefficient (Wildman–Crippen LogP) is 3.31. The Hall–Kier alpha value is -1.06. The predicted molar refractivity (Wildman–Crippen MR) is 93.9 cm³/mol. The molecule has 1 fully saturated rings. The number of hydrogen-bond donors (Lipinski definition) is 0. The van der Waals surface area contributed by atoms with E-state index in [2.05, 4.69) is 62.7 Å². The van der Waals surface area contributed by atoms with E-state index >= 15 is 0 Å². The summed E-state index contributed by atoms with van der Waals surface area (Å²) in [5.74, 6) is 1.09. The lowest BCUT2D eigenvalue weighted by atomic mass is 9.85. The van der Waals surface area contributed by atoms with Gasteiger partial charge >= 0.3 is 0 Å². The second kappa shape index (κ2) is 7.47. The summed E-state index contributed by atoms with van der Waals surface area (Å²) in [7, 11) is 2.20. The molecule has 1 heterocycles. The molecule has 0 saturated carbocycles. The summed E-state index contributed by atoms with van der Waals surface area (Å²) in [6.45, 7) is 15.6. The molecule has 0 atom stereocenters. The van der Waals surface area contributed by atoms with Gasteiger partial charge in [0.2, 0.25) is 0 Å². The number of piperazine rings is 1. The van der Waals surface area contributed by atoms with Gasteiger partial charge in [-0.05, 0) is 36.9 Å². The lowest BCUT2D eigenvalue weighted by Crippen LogP contribution is -2.44. The summed E-state index contributed by atoms with van der Waals surface area (Å²) in [4.78, 5) is 4.95. The van der Waals surface area contributed by atoms with Gasteiger partial charge in [-0.15, -0.1) is 0 Å². The lowest BCUT2D eigenvalue weighted by molar-refractivity contribution is 0.145. The van der Waals surface area contributed by atoms with Gasteiger partial charge < -0.3 is 14.5 Å². The molecule has 22 heavy (non-hydrogen) atoms. The van der Waals surface area contributed by atoms with Crippen LogP contribution < -0.4 is 4.74 Å². The Morgan fingerprint density at radius 3 is 2.41 bits per heavy atom. The minimum atomic E-state index is 0.124. The minimum absolute atomic E-state index is 0.124. The molecule has 0 bridgehead atoms. The highest BCUT2D eigenvalue weighted by molar-refractivity contribution is 5.44. The third kappa shape index (κ3) is 4.72. The topological polar surface area (TPSA) is 15.7 Å². The van der Waals surface area contributed by atoms with Crippen molar-refractivity contribution in [3.63, 3.8) is 0 Å². The first kappa shape index (κ1) is 17.3. The second-order valence-corrected chi connectivity index (χ2v) is 7.55. The number of nitrogens with zero attached hydrogens (tertiary/aromatic N) is 2. The van der Waals surface area contributed by atoms with Crippen molar-refractivity contribution >= 4 is 0 Å². The Bertz CT molecular complexity index is 471. The highest BCUT2D eigenvalue weighted by Gasteiger charge is 2.20. The fourth-order valence-electron chi connectivity index (χ4n) is 2.97. The largest absolute Gasteiger partial charge is 0.493 e. The van der Waals surface area contributed by atoms with Gasteiger partial charge in [0.25, 0.3) is 0 Å². The maximum Gasteiger partial charge on any atom is 0.125 e. The summed E-state index contributed by atoms with van der Waals surface area (Å²) in [5, 5.41) is 0. The van der Waals surface area contributed by atoms with Crippen molar-refractivity contribution < 1.29 is 4.74 Å². The van der Waals surface area contributed by atoms with Crippen LogP contribution in [0.4, 0.5) is 0 Å². The molecule has 1 aliphatic heterocycles. The van der Waals surface area contributed by atoms with E-state index in [1.807, 2.05) is 0 Å². The zero-order chi connectivity index (χ0) is 16.2. The average Bonchev–Trinajstić information content (AvgIpc) is 2.45. The quantitative estimate of drug-likeness (QED) is 0.776. The van der Waals surface area contributed by atoms with Crippen molar-refractivity contribution in [3.8, 4) is 5.75 Å². The van der Waals surface area contributed by atoms with Crippen LogP contribution in [-0.2, 0) is 5.41 Å². The van der Waals surface area contributed by atoms with Crippen LogP contribution in [0.3, 0.4) is 0 Å². The van der Waals surface area contributed by atoms with Crippen LogP contribution in [0.25, 0.3) is 0 Å². The van der Waals surface area contributed by atoms with Gasteiger partial charge in [0.1, 0.15) is 5.75 Å². The molecular formula is C19H32N2O. The molecule has 2 rings (SSSR count). The molecule has 1 aromatic carbocycles. The standard InChI is InChI=1S/C19H32N2O/c1-16-8-6-9-17(19(2,3)4)18(16)22-15-7-10-21-13-11-20(5)12-14-21/h6,8-9H,7,10-15H2,1-5H3. The Balaban J connectivity index is 1.84. The van der Waals surface area contributed by atoms with Gasteiger partial charge in [-0.25, -0.2) is 0 Å². The zero-order valence-electron chi connectivity index (χ0n) is 15.0. The first-order chi connectivity index (χ1) is 10.4. The van der Waals surface area contributed by atoms with Gasteiger partial charge in [-0.3, -0.25) is 0 Å². The number of hydrogen-bond acceptors (Lipinski definition) is 3. The fraction of sp³-hybridized carbons (Fsp3) is 0.684. The lowest BCUT2D eigenvalue weighted by Gasteiger charge is -2.32. The summed E-state index contributed by atoms with van der Waals surface area (Å²) >= 11 is 0. The van der Waals surface area contributed by atoms with E-state index in [0.717, 1.165) is 25.3 Å². The highest BCUT2D eigenvalue weighted by Crippen LogP contribution is 2.33.